The molecule has 1 atom stereocenters. The Bertz CT molecular complexity index is 478. The van der Waals surface area contributed by atoms with Gasteiger partial charge in [0, 0.05) is 15.4 Å². The predicted octanol–water partition coefficient (Wildman–Crippen LogP) is 4.37. The summed E-state index contributed by atoms with van der Waals surface area (Å²) in [5.74, 6) is -0.209. The second-order valence-corrected chi connectivity index (χ2v) is 5.14. The average molecular weight is 235 g/mol. The Labute approximate surface area is 98.9 Å². The smallest absolute Gasteiger partial charge is 0.125 e. The Balaban J connectivity index is 2.10. The molecule has 2 aromatic rings. The fourth-order valence-corrected chi connectivity index (χ4v) is 2.47. The van der Waals surface area contributed by atoms with E-state index in [0.717, 1.165) is 5.69 Å². The number of thiophene rings is 1. The van der Waals surface area contributed by atoms with E-state index in [1.807, 2.05) is 6.07 Å². The van der Waals surface area contributed by atoms with Gasteiger partial charge in [-0.1, -0.05) is 6.07 Å². The van der Waals surface area contributed by atoms with Crippen LogP contribution in [0.25, 0.3) is 0 Å². The maximum absolute atomic E-state index is 13.0. The van der Waals surface area contributed by atoms with Crippen LogP contribution < -0.4 is 5.32 Å². The van der Waals surface area contributed by atoms with E-state index in [1.165, 1.54) is 21.9 Å². The van der Waals surface area contributed by atoms with Crippen LogP contribution in [0.15, 0.2) is 36.4 Å². The first kappa shape index (κ1) is 11.1. The Kier molecular flexibility index (Phi) is 3.25. The molecule has 1 nitrogen and oxygen atoms in total. The minimum absolute atomic E-state index is 0.209. The fraction of sp³-hybridized carbons (Fsp3) is 0.231. The summed E-state index contributed by atoms with van der Waals surface area (Å²) >= 11 is 1.76. The predicted molar refractivity (Wildman–Crippen MR) is 67.5 cm³/mol. The third-order valence-electron chi connectivity index (χ3n) is 2.40. The Hall–Kier alpha value is -1.35. The van der Waals surface area contributed by atoms with E-state index < -0.39 is 0 Å². The van der Waals surface area contributed by atoms with Crippen molar-refractivity contribution in [2.24, 2.45) is 0 Å². The van der Waals surface area contributed by atoms with Crippen molar-refractivity contribution in [3.8, 4) is 0 Å². The summed E-state index contributed by atoms with van der Waals surface area (Å²) in [5, 5.41) is 3.28. The largest absolute Gasteiger partial charge is 0.378 e. The van der Waals surface area contributed by atoms with E-state index in [0.29, 0.717) is 0 Å². The maximum atomic E-state index is 13.0. The summed E-state index contributed by atoms with van der Waals surface area (Å²) < 4.78 is 13.0. The molecule has 84 valence electrons. The lowest BCUT2D eigenvalue weighted by Gasteiger charge is -2.13. The lowest BCUT2D eigenvalue weighted by molar-refractivity contribution is 0.628. The molecule has 0 fully saturated rings. The van der Waals surface area contributed by atoms with Crippen molar-refractivity contribution in [1.82, 2.24) is 0 Å². The molecular weight excluding hydrogens is 221 g/mol. The number of hydrogen-bond donors (Lipinski definition) is 1. The van der Waals surface area contributed by atoms with Crippen molar-refractivity contribution in [2.75, 3.05) is 5.32 Å². The first-order chi connectivity index (χ1) is 7.65. The molecular formula is C13H14FNS. The van der Waals surface area contributed by atoms with Crippen molar-refractivity contribution >= 4 is 17.0 Å². The number of aryl methyl sites for hydroxylation is 1. The molecule has 0 bridgehead atoms. The molecule has 0 saturated heterocycles. The Morgan fingerprint density at radius 1 is 1.25 bits per heavy atom. The van der Waals surface area contributed by atoms with E-state index in [1.54, 1.807) is 17.4 Å². The Morgan fingerprint density at radius 3 is 2.69 bits per heavy atom. The van der Waals surface area contributed by atoms with Gasteiger partial charge in [-0.05, 0) is 44.2 Å². The van der Waals surface area contributed by atoms with Gasteiger partial charge in [-0.2, -0.15) is 0 Å². The molecule has 0 saturated carbocycles. The number of halogens is 1. The Morgan fingerprint density at radius 2 is 2.06 bits per heavy atom. The summed E-state index contributed by atoms with van der Waals surface area (Å²) in [6, 6.07) is 11.0. The van der Waals surface area contributed by atoms with Gasteiger partial charge < -0.3 is 5.32 Å². The standard InChI is InChI=1S/C13H14FNS/c1-9-6-7-13(16-9)10(2)15-12-5-3-4-11(14)8-12/h3-8,10,15H,1-2H3. The van der Waals surface area contributed by atoms with E-state index in [2.05, 4.69) is 31.3 Å². The van der Waals surface area contributed by atoms with Gasteiger partial charge in [0.05, 0.1) is 6.04 Å². The molecule has 16 heavy (non-hydrogen) atoms. The lowest BCUT2D eigenvalue weighted by atomic mass is 10.2. The van der Waals surface area contributed by atoms with Gasteiger partial charge in [-0.3, -0.25) is 0 Å². The summed E-state index contributed by atoms with van der Waals surface area (Å²) in [4.78, 5) is 2.56. The average Bonchev–Trinajstić information content (AvgIpc) is 2.65. The summed E-state index contributed by atoms with van der Waals surface area (Å²) in [5.41, 5.74) is 0.818. The zero-order valence-corrected chi connectivity index (χ0v) is 10.1. The molecule has 0 spiro atoms. The fourth-order valence-electron chi connectivity index (χ4n) is 1.59. The monoisotopic (exact) mass is 235 g/mol. The second-order valence-electron chi connectivity index (χ2n) is 3.82. The summed E-state index contributed by atoms with van der Waals surface area (Å²) in [6.45, 7) is 4.17. The van der Waals surface area contributed by atoms with Crippen LogP contribution in [0.2, 0.25) is 0 Å². The highest BCUT2D eigenvalue weighted by molar-refractivity contribution is 7.12. The van der Waals surface area contributed by atoms with Gasteiger partial charge in [-0.25, -0.2) is 4.39 Å². The molecule has 1 aromatic heterocycles. The molecule has 1 aromatic carbocycles. The first-order valence-corrected chi connectivity index (χ1v) is 6.05. The minimum atomic E-state index is -0.209. The van der Waals surface area contributed by atoms with Crippen molar-refractivity contribution < 1.29 is 4.39 Å². The zero-order chi connectivity index (χ0) is 11.5. The van der Waals surface area contributed by atoms with Crippen molar-refractivity contribution in [3.05, 3.63) is 52.0 Å². The van der Waals surface area contributed by atoms with E-state index in [9.17, 15) is 4.39 Å². The zero-order valence-electron chi connectivity index (χ0n) is 9.33. The van der Waals surface area contributed by atoms with Crippen LogP contribution in [0, 0.1) is 12.7 Å². The van der Waals surface area contributed by atoms with Gasteiger partial charge in [0.25, 0.3) is 0 Å². The van der Waals surface area contributed by atoms with E-state index in [-0.39, 0.29) is 11.9 Å². The highest BCUT2D eigenvalue weighted by Crippen LogP contribution is 2.25. The molecule has 2 rings (SSSR count). The number of nitrogens with one attached hydrogen (secondary N) is 1. The van der Waals surface area contributed by atoms with Gasteiger partial charge in [-0.15, -0.1) is 11.3 Å². The van der Waals surface area contributed by atoms with E-state index >= 15 is 0 Å². The second kappa shape index (κ2) is 4.66. The topological polar surface area (TPSA) is 12.0 Å². The molecule has 0 amide bonds. The van der Waals surface area contributed by atoms with Gasteiger partial charge in [0.1, 0.15) is 5.82 Å². The molecule has 1 heterocycles. The quantitative estimate of drug-likeness (QED) is 0.833. The van der Waals surface area contributed by atoms with Crippen LogP contribution in [0.1, 0.15) is 22.7 Å². The number of anilines is 1. The SMILES string of the molecule is Cc1ccc(C(C)Nc2cccc(F)c2)s1. The minimum Gasteiger partial charge on any atom is -0.378 e. The number of rotatable bonds is 3. The molecule has 1 unspecified atom stereocenters. The number of hydrogen-bond acceptors (Lipinski definition) is 2. The van der Waals surface area contributed by atoms with Crippen molar-refractivity contribution in [1.29, 1.82) is 0 Å². The molecule has 0 aliphatic heterocycles. The van der Waals surface area contributed by atoms with Crippen LogP contribution in [0.4, 0.5) is 10.1 Å². The maximum Gasteiger partial charge on any atom is 0.125 e. The van der Waals surface area contributed by atoms with Gasteiger partial charge in [0.15, 0.2) is 0 Å². The molecule has 0 radical (unpaired) electrons. The van der Waals surface area contributed by atoms with E-state index in [4.69, 9.17) is 0 Å². The van der Waals surface area contributed by atoms with Gasteiger partial charge >= 0.3 is 0 Å². The van der Waals surface area contributed by atoms with Crippen LogP contribution in [-0.4, -0.2) is 0 Å². The molecule has 1 N–H and O–H groups in total. The highest BCUT2D eigenvalue weighted by Gasteiger charge is 2.07. The first-order valence-electron chi connectivity index (χ1n) is 5.23. The third kappa shape index (κ3) is 2.61. The normalized spacial score (nSPS) is 12.4. The highest BCUT2D eigenvalue weighted by atomic mass is 32.1. The third-order valence-corrected chi connectivity index (χ3v) is 3.58. The molecule has 3 heteroatoms. The number of benzene rings is 1. The van der Waals surface area contributed by atoms with Gasteiger partial charge in [0.2, 0.25) is 0 Å². The summed E-state index contributed by atoms with van der Waals surface area (Å²) in [7, 11) is 0. The lowest BCUT2D eigenvalue weighted by Crippen LogP contribution is -2.04. The van der Waals surface area contributed by atoms with Crippen molar-refractivity contribution in [3.63, 3.8) is 0 Å². The molecule has 0 aliphatic rings. The van der Waals surface area contributed by atoms with Crippen LogP contribution >= 0.6 is 11.3 Å². The van der Waals surface area contributed by atoms with Crippen LogP contribution in [-0.2, 0) is 0 Å². The summed E-state index contributed by atoms with van der Waals surface area (Å²) in [6.07, 6.45) is 0. The molecule has 0 aliphatic carbocycles. The van der Waals surface area contributed by atoms with Crippen LogP contribution in [0.5, 0.6) is 0 Å². The van der Waals surface area contributed by atoms with Crippen molar-refractivity contribution in [2.45, 2.75) is 19.9 Å². The van der Waals surface area contributed by atoms with Crippen LogP contribution in [0.3, 0.4) is 0 Å².